The Bertz CT molecular complexity index is 428. The number of amides is 3. The highest BCUT2D eigenvalue weighted by atomic mass is 32.1. The Morgan fingerprint density at radius 2 is 2.12 bits per heavy atom. The molecule has 1 aromatic heterocycles. The van der Waals surface area contributed by atoms with Crippen LogP contribution in [0.25, 0.3) is 0 Å². The fourth-order valence-corrected chi connectivity index (χ4v) is 2.17. The van der Waals surface area contributed by atoms with Crippen LogP contribution in [0.4, 0.5) is 9.80 Å². The number of nitrogens with one attached hydrogen (secondary N) is 2. The van der Waals surface area contributed by atoms with Crippen LogP contribution in [-0.2, 0) is 6.42 Å². The lowest BCUT2D eigenvalue weighted by Crippen LogP contribution is -2.25. The van der Waals surface area contributed by atoms with Gasteiger partial charge in [0.05, 0.1) is 11.3 Å². The van der Waals surface area contributed by atoms with Gasteiger partial charge in [-0.2, -0.15) is 4.37 Å². The van der Waals surface area contributed by atoms with Gasteiger partial charge >= 0.3 is 6.03 Å². The number of carbonyl (C=O) groups is 2. The first-order valence-electron chi connectivity index (χ1n) is 5.22. The molecule has 1 heterocycles. The topological polar surface area (TPSA) is 97.1 Å². The molecule has 0 aliphatic heterocycles. The van der Waals surface area contributed by atoms with E-state index in [0.29, 0.717) is 28.6 Å². The molecule has 0 atom stereocenters. The van der Waals surface area contributed by atoms with Crippen molar-refractivity contribution in [2.45, 2.75) is 20.3 Å². The molecule has 3 amide bonds. The minimum atomic E-state index is -0.569. The van der Waals surface area contributed by atoms with E-state index < -0.39 is 11.9 Å². The average Bonchev–Trinajstić information content (AvgIpc) is 2.59. The Kier molecular flexibility index (Phi) is 4.45. The van der Waals surface area contributed by atoms with Crippen molar-refractivity contribution in [3.8, 4) is 0 Å². The highest BCUT2D eigenvalue weighted by molar-refractivity contribution is 7.11. The van der Waals surface area contributed by atoms with Gasteiger partial charge in [-0.05, 0) is 23.9 Å². The Hall–Kier alpha value is -1.63. The Labute approximate surface area is 104 Å². The normalized spacial score (nSPS) is 10.4. The van der Waals surface area contributed by atoms with Gasteiger partial charge in [-0.3, -0.25) is 10.1 Å². The summed E-state index contributed by atoms with van der Waals surface area (Å²) >= 11 is 1.07. The number of nitrogens with two attached hydrogens (primary N) is 1. The zero-order valence-electron chi connectivity index (χ0n) is 10.0. The maximum Gasteiger partial charge on any atom is 0.319 e. The molecule has 0 bridgehead atoms. The molecule has 17 heavy (non-hydrogen) atoms. The molecule has 1 aromatic rings. The number of carbonyl (C=O) groups excluding carboxylic acids is 2. The van der Waals surface area contributed by atoms with Crippen LogP contribution in [-0.4, -0.2) is 23.4 Å². The molecule has 1 rings (SSSR count). The second-order valence-electron chi connectivity index (χ2n) is 4.00. The molecule has 94 valence electrons. The van der Waals surface area contributed by atoms with E-state index >= 15 is 0 Å². The molecular weight excluding hydrogens is 240 g/mol. The third-order valence-electron chi connectivity index (χ3n) is 2.06. The van der Waals surface area contributed by atoms with Gasteiger partial charge in [0.15, 0.2) is 0 Å². The molecule has 0 radical (unpaired) electrons. The summed E-state index contributed by atoms with van der Waals surface area (Å²) in [6.45, 7) is 4.05. The van der Waals surface area contributed by atoms with Crippen LogP contribution < -0.4 is 16.4 Å². The van der Waals surface area contributed by atoms with E-state index in [4.69, 9.17) is 5.73 Å². The van der Waals surface area contributed by atoms with E-state index in [-0.39, 0.29) is 0 Å². The van der Waals surface area contributed by atoms with E-state index in [2.05, 4.69) is 15.0 Å². The number of aromatic nitrogens is 1. The van der Waals surface area contributed by atoms with Crippen LogP contribution in [0.5, 0.6) is 0 Å². The molecule has 4 N–H and O–H groups in total. The number of hydrogen-bond acceptors (Lipinski definition) is 4. The number of anilines is 1. The Morgan fingerprint density at radius 3 is 2.59 bits per heavy atom. The summed E-state index contributed by atoms with van der Waals surface area (Å²) in [5.41, 5.74) is 6.26. The van der Waals surface area contributed by atoms with Gasteiger partial charge in [0, 0.05) is 7.05 Å². The molecule has 0 spiro atoms. The lowest BCUT2D eigenvalue weighted by Gasteiger charge is -2.05. The van der Waals surface area contributed by atoms with Crippen molar-refractivity contribution in [1.29, 1.82) is 0 Å². The van der Waals surface area contributed by atoms with Gasteiger partial charge in [-0.25, -0.2) is 4.79 Å². The van der Waals surface area contributed by atoms with Crippen LogP contribution in [0.2, 0.25) is 0 Å². The second-order valence-corrected chi connectivity index (χ2v) is 4.77. The first-order chi connectivity index (χ1) is 7.95. The average molecular weight is 256 g/mol. The number of hydrogen-bond donors (Lipinski definition) is 3. The summed E-state index contributed by atoms with van der Waals surface area (Å²) in [7, 11) is 1.50. The molecule has 0 saturated carbocycles. The molecular formula is C10H16N4O2S. The lowest BCUT2D eigenvalue weighted by atomic mass is 10.0. The highest BCUT2D eigenvalue weighted by Gasteiger charge is 2.20. The molecule has 0 fully saturated rings. The second kappa shape index (κ2) is 5.62. The van der Waals surface area contributed by atoms with Crippen molar-refractivity contribution in [2.75, 3.05) is 12.4 Å². The summed E-state index contributed by atoms with van der Waals surface area (Å²) in [6, 6.07) is -0.396. The van der Waals surface area contributed by atoms with Gasteiger partial charge in [-0.15, -0.1) is 0 Å². The Balaban J connectivity index is 3.02. The van der Waals surface area contributed by atoms with Crippen LogP contribution in [0.1, 0.15) is 29.9 Å². The zero-order valence-corrected chi connectivity index (χ0v) is 10.9. The largest absolute Gasteiger partial charge is 0.365 e. The molecule has 0 saturated heterocycles. The fraction of sp³-hybridized carbons (Fsp3) is 0.500. The molecule has 0 aliphatic carbocycles. The van der Waals surface area contributed by atoms with E-state index in [9.17, 15) is 9.59 Å². The van der Waals surface area contributed by atoms with Crippen molar-refractivity contribution >= 4 is 28.5 Å². The summed E-state index contributed by atoms with van der Waals surface area (Å²) in [5.74, 6) is -0.205. The van der Waals surface area contributed by atoms with Gasteiger partial charge < -0.3 is 11.1 Å². The third-order valence-corrected chi connectivity index (χ3v) is 2.87. The van der Waals surface area contributed by atoms with Crippen molar-refractivity contribution in [3.05, 3.63) is 11.3 Å². The molecule has 6 nitrogen and oxygen atoms in total. The van der Waals surface area contributed by atoms with Gasteiger partial charge in [0.2, 0.25) is 0 Å². The molecule has 0 aromatic carbocycles. The monoisotopic (exact) mass is 256 g/mol. The molecule has 0 aliphatic rings. The van der Waals surface area contributed by atoms with E-state index in [0.717, 1.165) is 11.5 Å². The van der Waals surface area contributed by atoms with Crippen LogP contribution in [0.3, 0.4) is 0 Å². The van der Waals surface area contributed by atoms with E-state index in [1.54, 1.807) is 0 Å². The first kappa shape index (κ1) is 13.4. The zero-order chi connectivity index (χ0) is 13.0. The van der Waals surface area contributed by atoms with Gasteiger partial charge in [0.1, 0.15) is 5.00 Å². The summed E-state index contributed by atoms with van der Waals surface area (Å²) in [4.78, 5) is 22.6. The van der Waals surface area contributed by atoms with Crippen molar-refractivity contribution in [1.82, 2.24) is 9.69 Å². The first-order valence-corrected chi connectivity index (χ1v) is 6.00. The maximum atomic E-state index is 11.4. The maximum absolute atomic E-state index is 11.4. The minimum Gasteiger partial charge on any atom is -0.365 e. The summed E-state index contributed by atoms with van der Waals surface area (Å²) in [6.07, 6.45) is 0.657. The van der Waals surface area contributed by atoms with Crippen molar-refractivity contribution in [3.63, 3.8) is 0 Å². The smallest absolute Gasteiger partial charge is 0.319 e. The highest BCUT2D eigenvalue weighted by Crippen LogP contribution is 2.26. The standard InChI is InChI=1S/C10H16N4O2S/c1-5(2)4-6-7(8(11)15)9(17-14-6)13-10(16)12-3/h5H,4H2,1-3H3,(H2,11,15)(H2,12,13,16). The van der Waals surface area contributed by atoms with Crippen molar-refractivity contribution in [2.24, 2.45) is 11.7 Å². The van der Waals surface area contributed by atoms with Crippen LogP contribution in [0.15, 0.2) is 0 Å². The van der Waals surface area contributed by atoms with Crippen LogP contribution >= 0.6 is 11.5 Å². The van der Waals surface area contributed by atoms with Crippen molar-refractivity contribution < 1.29 is 9.59 Å². The molecule has 0 unspecified atom stereocenters. The minimum absolute atomic E-state index is 0.312. The van der Waals surface area contributed by atoms with Gasteiger partial charge in [0.25, 0.3) is 5.91 Å². The predicted octanol–water partition coefficient (Wildman–Crippen LogP) is 1.19. The van der Waals surface area contributed by atoms with E-state index in [1.165, 1.54) is 7.05 Å². The predicted molar refractivity (Wildman–Crippen MR) is 67.3 cm³/mol. The number of nitrogens with zero attached hydrogens (tertiary/aromatic N) is 1. The summed E-state index contributed by atoms with van der Waals surface area (Å²) in [5, 5.41) is 5.34. The number of primary amides is 1. The Morgan fingerprint density at radius 1 is 1.47 bits per heavy atom. The lowest BCUT2D eigenvalue weighted by molar-refractivity contribution is 0.100. The van der Waals surface area contributed by atoms with Gasteiger partial charge in [-0.1, -0.05) is 13.8 Å². The van der Waals surface area contributed by atoms with E-state index in [1.807, 2.05) is 13.8 Å². The number of rotatable bonds is 4. The van der Waals surface area contributed by atoms with Crippen LogP contribution in [0, 0.1) is 5.92 Å². The fourth-order valence-electron chi connectivity index (χ4n) is 1.35. The SMILES string of the molecule is CNC(=O)Nc1snc(CC(C)C)c1C(N)=O. The quantitative estimate of drug-likeness (QED) is 0.754. The third kappa shape index (κ3) is 3.42. The molecule has 7 heteroatoms. The summed E-state index contributed by atoms with van der Waals surface area (Å²) < 4.78 is 4.16. The number of urea groups is 1.